The molecule has 0 fully saturated rings. The van der Waals surface area contributed by atoms with E-state index in [9.17, 15) is 0 Å². The summed E-state index contributed by atoms with van der Waals surface area (Å²) in [4.78, 5) is 12.2. The summed E-state index contributed by atoms with van der Waals surface area (Å²) in [7, 11) is 1.71. The number of aromatic nitrogens is 3. The van der Waals surface area contributed by atoms with Crippen LogP contribution >= 0.6 is 0 Å². The maximum Gasteiger partial charge on any atom is 0.230 e. The number of hydrogen-bond donors (Lipinski definition) is 3. The van der Waals surface area contributed by atoms with Gasteiger partial charge in [-0.15, -0.1) is 12.8 Å². The highest BCUT2D eigenvalue weighted by Crippen LogP contribution is 2.07. The Bertz CT molecular complexity index is 392. The predicted octanol–water partition coefficient (Wildman–Crippen LogP) is 0.00350. The van der Waals surface area contributed by atoms with Crippen molar-refractivity contribution in [3.05, 3.63) is 0 Å². The van der Waals surface area contributed by atoms with Crippen LogP contribution in [0.5, 0.6) is 0 Å². The second kappa shape index (κ2) is 6.10. The van der Waals surface area contributed by atoms with Crippen molar-refractivity contribution >= 4 is 17.8 Å². The molecule has 0 radical (unpaired) electrons. The molecule has 0 atom stereocenters. The lowest BCUT2D eigenvalue weighted by Gasteiger charge is -2.06. The summed E-state index contributed by atoms with van der Waals surface area (Å²) in [6.07, 6.45) is 10.2. The topological polar surface area (TPSA) is 74.8 Å². The highest BCUT2D eigenvalue weighted by Gasteiger charge is 2.03. The summed E-state index contributed by atoms with van der Waals surface area (Å²) in [5.74, 6) is 6.10. The second-order valence-corrected chi connectivity index (χ2v) is 2.67. The van der Waals surface area contributed by atoms with Crippen molar-refractivity contribution in [2.75, 3.05) is 36.1 Å². The Kier molecular flexibility index (Phi) is 4.42. The minimum atomic E-state index is 0.349. The van der Waals surface area contributed by atoms with Gasteiger partial charge in [0.1, 0.15) is 0 Å². The minimum Gasteiger partial charge on any atom is -0.357 e. The smallest absolute Gasteiger partial charge is 0.230 e. The van der Waals surface area contributed by atoms with Gasteiger partial charge in [0.15, 0.2) is 0 Å². The van der Waals surface area contributed by atoms with E-state index in [4.69, 9.17) is 12.8 Å². The van der Waals surface area contributed by atoms with Crippen LogP contribution in [0.3, 0.4) is 0 Å². The zero-order chi connectivity index (χ0) is 11.8. The molecule has 6 heteroatoms. The lowest BCUT2D eigenvalue weighted by atomic mass is 10.6. The fourth-order valence-electron chi connectivity index (χ4n) is 0.906. The van der Waals surface area contributed by atoms with Crippen molar-refractivity contribution in [2.24, 2.45) is 0 Å². The van der Waals surface area contributed by atoms with Gasteiger partial charge in [0.25, 0.3) is 0 Å². The van der Waals surface area contributed by atoms with Crippen molar-refractivity contribution in [1.29, 1.82) is 0 Å². The van der Waals surface area contributed by atoms with E-state index >= 15 is 0 Å². The van der Waals surface area contributed by atoms with Gasteiger partial charge >= 0.3 is 0 Å². The molecule has 0 aliphatic rings. The monoisotopic (exact) mass is 216 g/mol. The van der Waals surface area contributed by atoms with E-state index < -0.39 is 0 Å². The van der Waals surface area contributed by atoms with E-state index in [1.165, 1.54) is 0 Å². The molecule has 0 unspecified atom stereocenters. The molecule has 0 aliphatic heterocycles. The van der Waals surface area contributed by atoms with Crippen LogP contribution in [0.25, 0.3) is 0 Å². The fourth-order valence-corrected chi connectivity index (χ4v) is 0.906. The van der Waals surface area contributed by atoms with Crippen molar-refractivity contribution in [3.63, 3.8) is 0 Å². The lowest BCUT2D eigenvalue weighted by Crippen LogP contribution is -2.11. The number of anilines is 3. The summed E-state index contributed by atoms with van der Waals surface area (Å²) < 4.78 is 0. The first-order valence-corrected chi connectivity index (χ1v) is 4.58. The van der Waals surface area contributed by atoms with Gasteiger partial charge in [-0.2, -0.15) is 15.0 Å². The highest BCUT2D eigenvalue weighted by molar-refractivity contribution is 5.42. The van der Waals surface area contributed by atoms with Crippen LogP contribution in [-0.4, -0.2) is 35.1 Å². The number of nitrogens with zero attached hydrogens (tertiary/aromatic N) is 3. The number of rotatable bonds is 5. The average Bonchev–Trinajstić information content (AvgIpc) is 2.33. The van der Waals surface area contributed by atoms with Crippen LogP contribution in [0.1, 0.15) is 0 Å². The largest absolute Gasteiger partial charge is 0.357 e. The number of hydrogen-bond acceptors (Lipinski definition) is 6. The van der Waals surface area contributed by atoms with E-state index in [-0.39, 0.29) is 0 Å². The Hall–Kier alpha value is -2.47. The van der Waals surface area contributed by atoms with Crippen molar-refractivity contribution in [3.8, 4) is 24.7 Å². The Morgan fingerprint density at radius 1 is 0.938 bits per heavy atom. The number of nitrogens with one attached hydrogen (secondary N) is 3. The SMILES string of the molecule is C#CCNc1nc(NC)nc(NCC#C)n1. The van der Waals surface area contributed by atoms with Crippen molar-refractivity contribution in [1.82, 2.24) is 15.0 Å². The molecule has 16 heavy (non-hydrogen) atoms. The molecule has 1 aromatic heterocycles. The van der Waals surface area contributed by atoms with Gasteiger partial charge in [-0.25, -0.2) is 0 Å². The molecule has 0 saturated carbocycles. The van der Waals surface area contributed by atoms with Crippen molar-refractivity contribution < 1.29 is 0 Å². The van der Waals surface area contributed by atoms with Crippen LogP contribution in [0.15, 0.2) is 0 Å². The molecule has 0 aromatic carbocycles. The summed E-state index contributed by atoms with van der Waals surface area (Å²) in [5, 5.41) is 8.53. The second-order valence-electron chi connectivity index (χ2n) is 2.67. The summed E-state index contributed by atoms with van der Waals surface area (Å²) in [6, 6.07) is 0. The normalized spacial score (nSPS) is 8.69. The third kappa shape index (κ3) is 3.35. The predicted molar refractivity (Wildman–Crippen MR) is 64.0 cm³/mol. The van der Waals surface area contributed by atoms with E-state index in [1.54, 1.807) is 7.05 Å². The zero-order valence-electron chi connectivity index (χ0n) is 8.91. The first kappa shape index (κ1) is 11.6. The molecule has 0 amide bonds. The van der Waals surface area contributed by atoms with Gasteiger partial charge in [-0.05, 0) is 0 Å². The first-order chi connectivity index (χ1) is 7.80. The Morgan fingerprint density at radius 2 is 1.38 bits per heavy atom. The van der Waals surface area contributed by atoms with Crippen LogP contribution in [-0.2, 0) is 0 Å². The molecule has 82 valence electrons. The maximum absolute atomic E-state index is 5.12. The van der Waals surface area contributed by atoms with Gasteiger partial charge in [-0.3, -0.25) is 0 Å². The summed E-state index contributed by atoms with van der Waals surface area (Å²) in [5.41, 5.74) is 0. The molecular weight excluding hydrogens is 204 g/mol. The fraction of sp³-hybridized carbons (Fsp3) is 0.300. The van der Waals surface area contributed by atoms with Gasteiger partial charge in [-0.1, -0.05) is 11.8 Å². The number of terminal acetylenes is 2. The molecule has 1 rings (SSSR count). The minimum absolute atomic E-state index is 0.349. The standard InChI is InChI=1S/C10H12N6/c1-4-6-12-9-14-8(11-3)15-10(16-9)13-7-5-2/h1-2H,6-7H2,3H3,(H3,11,12,13,14,15,16). The average molecular weight is 216 g/mol. The van der Waals surface area contributed by atoms with E-state index in [1.807, 2.05) is 0 Å². The highest BCUT2D eigenvalue weighted by atomic mass is 15.3. The van der Waals surface area contributed by atoms with Gasteiger partial charge in [0, 0.05) is 7.05 Å². The first-order valence-electron chi connectivity index (χ1n) is 4.58. The van der Waals surface area contributed by atoms with E-state index in [2.05, 4.69) is 42.7 Å². The van der Waals surface area contributed by atoms with Gasteiger partial charge < -0.3 is 16.0 Å². The van der Waals surface area contributed by atoms with Crippen LogP contribution in [0, 0.1) is 24.7 Å². The van der Waals surface area contributed by atoms with Crippen LogP contribution in [0.2, 0.25) is 0 Å². The van der Waals surface area contributed by atoms with Gasteiger partial charge in [0.05, 0.1) is 13.1 Å². The van der Waals surface area contributed by atoms with E-state index in [0.29, 0.717) is 30.9 Å². The third-order valence-electron chi connectivity index (χ3n) is 1.56. The Balaban J connectivity index is 2.84. The molecule has 0 spiro atoms. The third-order valence-corrected chi connectivity index (χ3v) is 1.56. The Morgan fingerprint density at radius 3 is 1.75 bits per heavy atom. The molecule has 0 saturated heterocycles. The molecule has 1 aromatic rings. The molecule has 0 bridgehead atoms. The molecule has 0 aliphatic carbocycles. The van der Waals surface area contributed by atoms with Crippen LogP contribution in [0.4, 0.5) is 17.8 Å². The summed E-state index contributed by atoms with van der Waals surface area (Å²) in [6.45, 7) is 0.698. The lowest BCUT2D eigenvalue weighted by molar-refractivity contribution is 1.03. The molecule has 1 heterocycles. The maximum atomic E-state index is 5.12. The Labute approximate surface area is 94.3 Å². The van der Waals surface area contributed by atoms with Crippen molar-refractivity contribution in [2.45, 2.75) is 0 Å². The zero-order valence-corrected chi connectivity index (χ0v) is 8.91. The van der Waals surface area contributed by atoms with Crippen LogP contribution < -0.4 is 16.0 Å². The quantitative estimate of drug-likeness (QED) is 0.602. The summed E-state index contributed by atoms with van der Waals surface area (Å²) >= 11 is 0. The van der Waals surface area contributed by atoms with E-state index in [0.717, 1.165) is 0 Å². The van der Waals surface area contributed by atoms with Gasteiger partial charge in [0.2, 0.25) is 17.8 Å². The molecule has 3 N–H and O–H groups in total. The molecule has 6 nitrogen and oxygen atoms in total. The molecular formula is C10H12N6.